The molecule has 1 aromatic carbocycles. The molecule has 0 saturated heterocycles. The summed E-state index contributed by atoms with van der Waals surface area (Å²) in [4.78, 5) is 7.25. The van der Waals surface area contributed by atoms with Crippen LogP contribution in [0.3, 0.4) is 0 Å². The van der Waals surface area contributed by atoms with E-state index in [1.165, 1.54) is 0 Å². The Morgan fingerprint density at radius 1 is 1.11 bits per heavy atom. The highest BCUT2D eigenvalue weighted by atomic mass is 35.5. The van der Waals surface area contributed by atoms with Crippen LogP contribution in [0.25, 0.3) is 28.1 Å². The molecule has 0 radical (unpaired) electrons. The maximum absolute atomic E-state index is 5.91. The molecule has 1 N–H and O–H groups in total. The standard InChI is InChI=1S/C12H7ClN6/c13-10-3-4-11-16-17-12(19(11)18-10)7-1-2-8-9(5-7)15-6-14-8/h1-6H,(H,14,15). The first-order valence-electron chi connectivity index (χ1n) is 5.63. The Morgan fingerprint density at radius 3 is 3.00 bits per heavy atom. The molecule has 92 valence electrons. The first kappa shape index (κ1) is 10.5. The lowest BCUT2D eigenvalue weighted by Crippen LogP contribution is -1.94. The van der Waals surface area contributed by atoms with E-state index in [2.05, 4.69) is 25.3 Å². The third kappa shape index (κ3) is 1.57. The van der Waals surface area contributed by atoms with Crippen LogP contribution in [0.4, 0.5) is 0 Å². The molecule has 0 aliphatic carbocycles. The number of benzene rings is 1. The van der Waals surface area contributed by atoms with Crippen molar-refractivity contribution in [3.05, 3.63) is 41.8 Å². The fourth-order valence-corrected chi connectivity index (χ4v) is 2.16. The van der Waals surface area contributed by atoms with Gasteiger partial charge in [-0.05, 0) is 30.3 Å². The van der Waals surface area contributed by atoms with Crippen LogP contribution in [-0.2, 0) is 0 Å². The summed E-state index contributed by atoms with van der Waals surface area (Å²) in [5.74, 6) is 0.647. The Morgan fingerprint density at radius 2 is 2.05 bits per heavy atom. The summed E-state index contributed by atoms with van der Waals surface area (Å²) >= 11 is 5.91. The molecule has 4 aromatic rings. The average molecular weight is 271 g/mol. The summed E-state index contributed by atoms with van der Waals surface area (Å²) in [5.41, 5.74) is 3.41. The highest BCUT2D eigenvalue weighted by Gasteiger charge is 2.10. The quantitative estimate of drug-likeness (QED) is 0.576. The lowest BCUT2D eigenvalue weighted by molar-refractivity contribution is 0.936. The highest BCUT2D eigenvalue weighted by Crippen LogP contribution is 2.21. The lowest BCUT2D eigenvalue weighted by atomic mass is 10.2. The van der Waals surface area contributed by atoms with Crippen LogP contribution in [0.15, 0.2) is 36.7 Å². The van der Waals surface area contributed by atoms with Gasteiger partial charge in [-0.1, -0.05) is 11.6 Å². The van der Waals surface area contributed by atoms with Crippen LogP contribution < -0.4 is 0 Å². The Hall–Kier alpha value is -2.47. The molecule has 0 aliphatic rings. The molecule has 0 bridgehead atoms. The molecule has 0 aliphatic heterocycles. The lowest BCUT2D eigenvalue weighted by Gasteiger charge is -1.99. The Kier molecular flexibility index (Phi) is 2.07. The van der Waals surface area contributed by atoms with Gasteiger partial charge in [0.15, 0.2) is 11.5 Å². The predicted molar refractivity (Wildman–Crippen MR) is 70.9 cm³/mol. The van der Waals surface area contributed by atoms with E-state index in [0.29, 0.717) is 16.6 Å². The first-order valence-corrected chi connectivity index (χ1v) is 6.00. The molecule has 3 aromatic heterocycles. The molecule has 0 unspecified atom stereocenters. The highest BCUT2D eigenvalue weighted by molar-refractivity contribution is 6.29. The predicted octanol–water partition coefficient (Wildman–Crippen LogP) is 2.32. The molecule has 7 heteroatoms. The Bertz CT molecular complexity index is 893. The van der Waals surface area contributed by atoms with Crippen molar-refractivity contribution < 1.29 is 0 Å². The van der Waals surface area contributed by atoms with Crippen molar-refractivity contribution in [1.29, 1.82) is 0 Å². The van der Waals surface area contributed by atoms with Gasteiger partial charge in [-0.15, -0.1) is 10.2 Å². The molecule has 6 nitrogen and oxygen atoms in total. The molecule has 4 rings (SSSR count). The SMILES string of the molecule is Clc1ccc2nnc(-c3ccc4nc[nH]c4c3)n2n1. The van der Waals surface area contributed by atoms with Gasteiger partial charge >= 0.3 is 0 Å². The molecule has 19 heavy (non-hydrogen) atoms. The van der Waals surface area contributed by atoms with Crippen molar-refractivity contribution in [3.8, 4) is 11.4 Å². The summed E-state index contributed by atoms with van der Waals surface area (Å²) in [6, 6.07) is 9.28. The third-order valence-electron chi connectivity index (χ3n) is 2.91. The van der Waals surface area contributed by atoms with Gasteiger partial charge in [0.25, 0.3) is 0 Å². The van der Waals surface area contributed by atoms with Crippen molar-refractivity contribution in [2.75, 3.05) is 0 Å². The van der Waals surface area contributed by atoms with Gasteiger partial charge in [0.2, 0.25) is 0 Å². The van der Waals surface area contributed by atoms with Gasteiger partial charge in [0.05, 0.1) is 17.4 Å². The number of halogens is 1. The number of fused-ring (bicyclic) bond motifs is 2. The summed E-state index contributed by atoms with van der Waals surface area (Å²) in [7, 11) is 0. The van der Waals surface area contributed by atoms with Crippen LogP contribution in [0, 0.1) is 0 Å². The summed E-state index contributed by atoms with van der Waals surface area (Å²) < 4.78 is 1.62. The zero-order valence-electron chi connectivity index (χ0n) is 9.58. The van der Waals surface area contributed by atoms with Crippen LogP contribution in [0.1, 0.15) is 0 Å². The fraction of sp³-hybridized carbons (Fsp3) is 0. The normalized spacial score (nSPS) is 11.4. The van der Waals surface area contributed by atoms with E-state index in [4.69, 9.17) is 11.6 Å². The third-order valence-corrected chi connectivity index (χ3v) is 3.11. The van der Waals surface area contributed by atoms with Crippen molar-refractivity contribution in [2.45, 2.75) is 0 Å². The van der Waals surface area contributed by atoms with Gasteiger partial charge in [-0.25, -0.2) is 4.98 Å². The van der Waals surface area contributed by atoms with Gasteiger partial charge in [-0.2, -0.15) is 9.61 Å². The number of imidazole rings is 1. The summed E-state index contributed by atoms with van der Waals surface area (Å²) in [6.45, 7) is 0. The minimum atomic E-state index is 0.399. The molecule has 0 amide bonds. The van der Waals surface area contributed by atoms with Crippen LogP contribution in [-0.4, -0.2) is 29.8 Å². The van der Waals surface area contributed by atoms with E-state index < -0.39 is 0 Å². The van der Waals surface area contributed by atoms with Crippen LogP contribution >= 0.6 is 11.6 Å². The molecule has 0 saturated carbocycles. The fourth-order valence-electron chi connectivity index (χ4n) is 2.02. The summed E-state index contributed by atoms with van der Waals surface area (Å²) in [6.07, 6.45) is 1.66. The number of hydrogen-bond acceptors (Lipinski definition) is 4. The second kappa shape index (κ2) is 3.76. The van der Waals surface area contributed by atoms with E-state index in [0.717, 1.165) is 16.6 Å². The maximum atomic E-state index is 5.91. The van der Waals surface area contributed by atoms with Gasteiger partial charge in [0, 0.05) is 5.56 Å². The molecular formula is C12H7ClN6. The molecule has 0 spiro atoms. The maximum Gasteiger partial charge on any atom is 0.185 e. The van der Waals surface area contributed by atoms with Crippen LogP contribution in [0.5, 0.6) is 0 Å². The second-order valence-electron chi connectivity index (χ2n) is 4.08. The van der Waals surface area contributed by atoms with Crippen molar-refractivity contribution >= 4 is 28.3 Å². The number of nitrogens with zero attached hydrogens (tertiary/aromatic N) is 5. The van der Waals surface area contributed by atoms with Crippen molar-refractivity contribution in [1.82, 2.24) is 29.8 Å². The van der Waals surface area contributed by atoms with E-state index >= 15 is 0 Å². The van der Waals surface area contributed by atoms with E-state index in [9.17, 15) is 0 Å². The number of aromatic nitrogens is 6. The summed E-state index contributed by atoms with van der Waals surface area (Å²) in [5, 5.41) is 12.8. The second-order valence-corrected chi connectivity index (χ2v) is 4.47. The average Bonchev–Trinajstić information content (AvgIpc) is 3.03. The topological polar surface area (TPSA) is 71.8 Å². The number of H-pyrrole nitrogens is 1. The van der Waals surface area contributed by atoms with E-state index in [1.54, 1.807) is 23.0 Å². The molecule has 0 fully saturated rings. The minimum absolute atomic E-state index is 0.399. The number of hydrogen-bond donors (Lipinski definition) is 1. The zero-order valence-corrected chi connectivity index (χ0v) is 10.3. The number of aromatic amines is 1. The smallest absolute Gasteiger partial charge is 0.185 e. The number of rotatable bonds is 1. The first-order chi connectivity index (χ1) is 9.31. The van der Waals surface area contributed by atoms with Crippen LogP contribution in [0.2, 0.25) is 5.15 Å². The Balaban J connectivity index is 2.00. The molecule has 3 heterocycles. The van der Waals surface area contributed by atoms with Crippen molar-refractivity contribution in [3.63, 3.8) is 0 Å². The zero-order chi connectivity index (χ0) is 12.8. The monoisotopic (exact) mass is 270 g/mol. The van der Waals surface area contributed by atoms with E-state index in [1.807, 2.05) is 18.2 Å². The van der Waals surface area contributed by atoms with Gasteiger partial charge in [0.1, 0.15) is 5.15 Å². The van der Waals surface area contributed by atoms with Gasteiger partial charge < -0.3 is 4.98 Å². The number of nitrogens with one attached hydrogen (secondary N) is 1. The minimum Gasteiger partial charge on any atom is -0.345 e. The molecular weight excluding hydrogens is 264 g/mol. The molecule has 0 atom stereocenters. The van der Waals surface area contributed by atoms with Crippen molar-refractivity contribution in [2.24, 2.45) is 0 Å². The largest absolute Gasteiger partial charge is 0.345 e. The van der Waals surface area contributed by atoms with E-state index in [-0.39, 0.29) is 0 Å². The van der Waals surface area contributed by atoms with Gasteiger partial charge in [-0.3, -0.25) is 0 Å². The Labute approximate surface area is 112 Å².